The largest absolute Gasteiger partial charge is 4.00 e. The fourth-order valence-electron chi connectivity index (χ4n) is 1.36. The molecule has 0 spiro atoms. The zero-order valence-electron chi connectivity index (χ0n) is 12.7. The Kier molecular flexibility index (Phi) is 25.4. The molecule has 1 radical (unpaired) electrons. The van der Waals surface area contributed by atoms with Gasteiger partial charge in [0, 0.05) is 0 Å². The van der Waals surface area contributed by atoms with Crippen molar-refractivity contribution in [2.45, 2.75) is 26.2 Å². The van der Waals surface area contributed by atoms with Crippen molar-refractivity contribution in [3.63, 3.8) is 0 Å². The monoisotopic (exact) mass is 308 g/mol. The Hall–Kier alpha value is 0.173. The van der Waals surface area contributed by atoms with Crippen LogP contribution in [0.1, 0.15) is 0 Å². The first-order valence-electron chi connectivity index (χ1n) is 4.33. The Morgan fingerprint density at radius 2 is 1.29 bits per heavy atom. The van der Waals surface area contributed by atoms with Gasteiger partial charge in [-0.05, 0) is 11.3 Å². The second-order valence-corrected chi connectivity index (χ2v) is 8.62. The van der Waals surface area contributed by atoms with E-state index in [0.29, 0.717) is 0 Å². The van der Waals surface area contributed by atoms with E-state index in [-0.39, 0.29) is 64.4 Å². The molecule has 0 bridgehead atoms. The van der Waals surface area contributed by atoms with Gasteiger partial charge in [-0.2, -0.15) is 0 Å². The summed E-state index contributed by atoms with van der Waals surface area (Å²) >= 11 is 0. The van der Waals surface area contributed by atoms with Crippen LogP contribution in [0.15, 0.2) is 24.3 Å². The quantitative estimate of drug-likeness (QED) is 0.580. The molecule has 0 heterocycles. The summed E-state index contributed by atoms with van der Waals surface area (Å²) in [6.07, 6.45) is 0. The van der Waals surface area contributed by atoms with Crippen molar-refractivity contribution < 1.29 is 17.1 Å². The molecule has 1 aromatic rings. The van der Waals surface area contributed by atoms with Crippen LogP contribution in [0.4, 0.5) is 0 Å². The normalized spacial score (nSPS) is 7.35. The third-order valence-corrected chi connectivity index (χ3v) is 5.28. The maximum absolute atomic E-state index is 2.37. The van der Waals surface area contributed by atoms with Crippen molar-refractivity contribution >= 4 is 28.0 Å². The average Bonchev–Trinajstić information content (AvgIpc) is 2.04. The number of benzene rings is 1. The van der Waals surface area contributed by atoms with Crippen LogP contribution in [0, 0.1) is 29.7 Å². The Morgan fingerprint density at radius 1 is 0.882 bits per heavy atom. The molecule has 0 unspecified atom stereocenters. The molecular formula is C14H28FeSi2+. The fraction of sp³-hybridized carbons (Fsp3) is 0.286. The molecule has 0 fully saturated rings. The zero-order valence-corrected chi connectivity index (χ0v) is 15.8. The summed E-state index contributed by atoms with van der Waals surface area (Å²) in [6, 6.07) is 8.95. The average molecular weight is 308 g/mol. The smallest absolute Gasteiger partial charge is 0.358 e. The summed E-state index contributed by atoms with van der Waals surface area (Å²) in [5, 5.41) is 3.28. The van der Waals surface area contributed by atoms with Crippen molar-refractivity contribution in [2.75, 3.05) is 0 Å². The van der Waals surface area contributed by atoms with Gasteiger partial charge in [0.1, 0.15) is 0 Å². The minimum atomic E-state index is -0.261. The third kappa shape index (κ3) is 8.84. The van der Waals surface area contributed by atoms with Gasteiger partial charge in [-0.15, -0.1) is 0 Å². The van der Waals surface area contributed by atoms with E-state index in [0.717, 1.165) is 0 Å². The summed E-state index contributed by atoms with van der Waals surface area (Å²) in [7, 11) is -0.522. The first kappa shape index (κ1) is 30.3. The molecular weight excluding hydrogens is 280 g/mol. The molecule has 0 saturated heterocycles. The second kappa shape index (κ2) is 14.2. The minimum Gasteiger partial charge on any atom is -0.358 e. The minimum absolute atomic E-state index is 0. The Balaban J connectivity index is -0.0000000960. The second-order valence-electron chi connectivity index (χ2n) is 3.55. The summed E-state index contributed by atoms with van der Waals surface area (Å²) in [5.41, 5.74) is 0. The summed E-state index contributed by atoms with van der Waals surface area (Å²) in [5.74, 6) is 0. The summed E-state index contributed by atoms with van der Waals surface area (Å²) < 4.78 is 0. The van der Waals surface area contributed by atoms with E-state index in [2.05, 4.69) is 50.5 Å². The Labute approximate surface area is 125 Å². The Bertz CT molecular complexity index is 233. The first-order chi connectivity index (χ1) is 5.63. The van der Waals surface area contributed by atoms with Crippen LogP contribution in [0.3, 0.4) is 0 Å². The van der Waals surface area contributed by atoms with Crippen LogP contribution < -0.4 is 10.4 Å². The molecule has 17 heavy (non-hydrogen) atoms. The maximum Gasteiger partial charge on any atom is 4.00 e. The Morgan fingerprint density at radius 3 is 1.59 bits per heavy atom. The van der Waals surface area contributed by atoms with E-state index in [1.54, 1.807) is 10.4 Å². The van der Waals surface area contributed by atoms with Crippen LogP contribution in [-0.4, -0.2) is 17.6 Å². The third-order valence-electron chi connectivity index (χ3n) is 2.00. The predicted octanol–water partition coefficient (Wildman–Crippen LogP) is 3.41. The zero-order chi connectivity index (χ0) is 9.14. The topological polar surface area (TPSA) is 0 Å². The van der Waals surface area contributed by atoms with E-state index < -0.39 is 0 Å². The van der Waals surface area contributed by atoms with Gasteiger partial charge in [-0.25, -0.2) is 0 Å². The molecule has 99 valence electrons. The summed E-state index contributed by atoms with van der Waals surface area (Å²) in [6.45, 7) is 9.48. The van der Waals surface area contributed by atoms with Gasteiger partial charge in [0.15, 0.2) is 0 Å². The molecule has 0 aliphatic carbocycles. The van der Waals surface area contributed by atoms with Gasteiger partial charge in [-0.1, -0.05) is 31.3 Å². The number of hydrogen-bond donors (Lipinski definition) is 0. The van der Waals surface area contributed by atoms with Crippen LogP contribution in [0.25, 0.3) is 0 Å². The summed E-state index contributed by atoms with van der Waals surface area (Å²) in [4.78, 5) is 0. The molecule has 0 aliphatic rings. The van der Waals surface area contributed by atoms with Crippen molar-refractivity contribution in [1.82, 2.24) is 0 Å². The van der Waals surface area contributed by atoms with Gasteiger partial charge in [-0.3, -0.25) is 0 Å². The van der Waals surface area contributed by atoms with Gasteiger partial charge in [0.05, 0.1) is 27.1 Å². The molecule has 0 atom stereocenters. The predicted molar refractivity (Wildman–Crippen MR) is 86.3 cm³/mol. The first-order valence-corrected chi connectivity index (χ1v) is 9.33. The van der Waals surface area contributed by atoms with Crippen molar-refractivity contribution in [2.24, 2.45) is 0 Å². The van der Waals surface area contributed by atoms with Gasteiger partial charge < -0.3 is 29.7 Å². The maximum atomic E-state index is 2.37. The van der Waals surface area contributed by atoms with E-state index in [9.17, 15) is 0 Å². The van der Waals surface area contributed by atoms with E-state index in [1.165, 1.54) is 0 Å². The molecule has 3 heteroatoms. The number of hydrogen-bond acceptors (Lipinski definition) is 0. The molecule has 0 nitrogen and oxygen atoms in total. The standard InChI is InChI=1S/C10H16Si2.4CH3.Fe/c1-11(2)9-7-5-6-8-10(9)12(3)4;;;;;/h5-8H,1-4H3;4*1H3;/q+1;4*-1;+4. The molecule has 0 saturated carbocycles. The van der Waals surface area contributed by atoms with Crippen LogP contribution >= 0.6 is 0 Å². The van der Waals surface area contributed by atoms with Gasteiger partial charge in [0.2, 0.25) is 0 Å². The van der Waals surface area contributed by atoms with Crippen LogP contribution in [0.5, 0.6) is 0 Å². The van der Waals surface area contributed by atoms with Crippen molar-refractivity contribution in [3.05, 3.63) is 54.0 Å². The van der Waals surface area contributed by atoms with E-state index in [1.807, 2.05) is 0 Å². The molecule has 1 aromatic carbocycles. The molecule has 0 N–H and O–H groups in total. The molecule has 0 aliphatic heterocycles. The molecule has 0 amide bonds. The molecule has 1 rings (SSSR count). The SMILES string of the molecule is C[Si](C)c1ccccc1[Si+](C)C.[CH3-].[CH3-].[CH3-].[CH3-].[Fe+4]. The molecule has 0 aromatic heterocycles. The van der Waals surface area contributed by atoms with E-state index in [4.69, 9.17) is 0 Å². The van der Waals surface area contributed by atoms with Crippen LogP contribution in [0.2, 0.25) is 26.2 Å². The van der Waals surface area contributed by atoms with Gasteiger partial charge >= 0.3 is 25.9 Å². The van der Waals surface area contributed by atoms with E-state index >= 15 is 0 Å². The number of rotatable bonds is 2. The van der Waals surface area contributed by atoms with Gasteiger partial charge in [0.25, 0.3) is 0 Å². The van der Waals surface area contributed by atoms with Crippen molar-refractivity contribution in [1.29, 1.82) is 0 Å². The fourth-order valence-corrected chi connectivity index (χ4v) is 4.96. The van der Waals surface area contributed by atoms with Crippen molar-refractivity contribution in [3.8, 4) is 0 Å². The van der Waals surface area contributed by atoms with Crippen LogP contribution in [-0.2, 0) is 17.1 Å².